The van der Waals surface area contributed by atoms with E-state index in [-0.39, 0.29) is 11.3 Å². The molecule has 8 heteroatoms. The minimum atomic E-state index is -1.12. The predicted octanol–water partition coefficient (Wildman–Crippen LogP) is 3.84. The van der Waals surface area contributed by atoms with Crippen LogP contribution in [0.3, 0.4) is 0 Å². The summed E-state index contributed by atoms with van der Waals surface area (Å²) in [6.45, 7) is 0. The lowest BCUT2D eigenvalue weighted by atomic mass is 10.2. The molecule has 0 aliphatic rings. The highest BCUT2D eigenvalue weighted by molar-refractivity contribution is 9.10. The van der Waals surface area contributed by atoms with E-state index in [2.05, 4.69) is 31.5 Å². The van der Waals surface area contributed by atoms with Crippen molar-refractivity contribution < 1.29 is 14.7 Å². The molecule has 0 aliphatic carbocycles. The highest BCUT2D eigenvalue weighted by atomic mass is 79.9. The summed E-state index contributed by atoms with van der Waals surface area (Å²) in [7, 11) is 0. The molecule has 108 valence electrons. The summed E-state index contributed by atoms with van der Waals surface area (Å²) < 4.78 is 0.627. The Morgan fingerprint density at radius 3 is 2.62 bits per heavy atom. The molecule has 0 spiro atoms. The van der Waals surface area contributed by atoms with Gasteiger partial charge in [0, 0.05) is 15.7 Å². The van der Waals surface area contributed by atoms with Crippen LogP contribution in [-0.2, 0) is 0 Å². The van der Waals surface area contributed by atoms with E-state index in [0.29, 0.717) is 15.2 Å². The third-order valence-corrected chi connectivity index (χ3v) is 3.31. The van der Waals surface area contributed by atoms with Crippen LogP contribution in [0, 0.1) is 0 Å². The summed E-state index contributed by atoms with van der Waals surface area (Å²) in [5.74, 6) is -1.12. The Labute approximate surface area is 133 Å². The van der Waals surface area contributed by atoms with Crippen LogP contribution in [0.15, 0.2) is 41.1 Å². The number of carboxylic acids is 1. The Hall–Kier alpha value is -2.12. The number of hydrogen-bond donors (Lipinski definition) is 3. The van der Waals surface area contributed by atoms with Crippen LogP contribution in [0.1, 0.15) is 10.4 Å². The van der Waals surface area contributed by atoms with Gasteiger partial charge >= 0.3 is 12.0 Å². The Morgan fingerprint density at radius 1 is 1.19 bits per heavy atom. The van der Waals surface area contributed by atoms with Gasteiger partial charge in [-0.2, -0.15) is 0 Å². The van der Waals surface area contributed by atoms with Crippen molar-refractivity contribution in [3.63, 3.8) is 0 Å². The smallest absolute Gasteiger partial charge is 0.337 e. The molecular formula is C13H9BrClN3O3. The van der Waals surface area contributed by atoms with E-state index in [9.17, 15) is 9.59 Å². The lowest BCUT2D eigenvalue weighted by Crippen LogP contribution is -2.20. The van der Waals surface area contributed by atoms with Crippen molar-refractivity contribution in [2.45, 2.75) is 0 Å². The lowest BCUT2D eigenvalue weighted by molar-refractivity contribution is 0.0696. The van der Waals surface area contributed by atoms with Crippen molar-refractivity contribution in [2.75, 3.05) is 10.6 Å². The number of carboxylic acid groups (broad SMARTS) is 1. The number of aromatic carboxylic acids is 1. The zero-order chi connectivity index (χ0) is 15.4. The molecule has 0 atom stereocenters. The number of hydrogen-bond acceptors (Lipinski definition) is 3. The summed E-state index contributed by atoms with van der Waals surface area (Å²) >= 11 is 9.08. The predicted molar refractivity (Wildman–Crippen MR) is 83.0 cm³/mol. The molecule has 0 bridgehead atoms. The van der Waals surface area contributed by atoms with E-state index in [0.717, 1.165) is 0 Å². The fraction of sp³-hybridized carbons (Fsp3) is 0. The molecule has 2 aromatic rings. The van der Waals surface area contributed by atoms with Gasteiger partial charge < -0.3 is 15.7 Å². The van der Waals surface area contributed by atoms with Crippen molar-refractivity contribution in [2.24, 2.45) is 0 Å². The number of halogens is 2. The van der Waals surface area contributed by atoms with Gasteiger partial charge in [0.05, 0.1) is 23.1 Å². The number of pyridine rings is 1. The van der Waals surface area contributed by atoms with E-state index in [1.807, 2.05) is 0 Å². The number of amides is 2. The summed E-state index contributed by atoms with van der Waals surface area (Å²) in [5, 5.41) is 14.5. The van der Waals surface area contributed by atoms with Crippen molar-refractivity contribution >= 4 is 50.9 Å². The second-order valence-electron chi connectivity index (χ2n) is 3.97. The minimum Gasteiger partial charge on any atom is -0.478 e. The Balaban J connectivity index is 2.08. The topological polar surface area (TPSA) is 91.3 Å². The van der Waals surface area contributed by atoms with Gasteiger partial charge in [0.25, 0.3) is 0 Å². The molecule has 2 amide bonds. The van der Waals surface area contributed by atoms with Gasteiger partial charge in [-0.1, -0.05) is 11.6 Å². The maximum atomic E-state index is 11.8. The molecule has 0 aliphatic heterocycles. The maximum absolute atomic E-state index is 11.8. The zero-order valence-electron chi connectivity index (χ0n) is 10.4. The normalized spacial score (nSPS) is 10.0. The van der Waals surface area contributed by atoms with Gasteiger partial charge in [0.1, 0.15) is 0 Å². The molecule has 3 N–H and O–H groups in total. The van der Waals surface area contributed by atoms with Gasteiger partial charge in [0.2, 0.25) is 0 Å². The number of carbonyl (C=O) groups excluding carboxylic acids is 1. The van der Waals surface area contributed by atoms with Crippen LogP contribution in [0.4, 0.5) is 16.2 Å². The number of nitrogens with zero attached hydrogens (tertiary/aromatic N) is 1. The van der Waals surface area contributed by atoms with Crippen molar-refractivity contribution in [1.82, 2.24) is 4.98 Å². The molecule has 0 radical (unpaired) electrons. The van der Waals surface area contributed by atoms with Gasteiger partial charge in [-0.05, 0) is 40.2 Å². The zero-order valence-corrected chi connectivity index (χ0v) is 12.8. The van der Waals surface area contributed by atoms with Crippen molar-refractivity contribution in [3.05, 3.63) is 51.7 Å². The standard InChI is InChI=1S/C13H9BrClN3O3/c14-10-4-8(15)1-2-11(10)18-13(21)17-9-3-7(12(19)20)5-16-6-9/h1-6H,(H,19,20)(H2,17,18,21). The number of urea groups is 1. The van der Waals surface area contributed by atoms with E-state index in [1.54, 1.807) is 18.2 Å². The summed E-state index contributed by atoms with van der Waals surface area (Å²) in [6, 6.07) is 5.70. The molecule has 6 nitrogen and oxygen atoms in total. The first kappa shape index (κ1) is 15.3. The van der Waals surface area contributed by atoms with Gasteiger partial charge in [-0.15, -0.1) is 0 Å². The Morgan fingerprint density at radius 2 is 1.95 bits per heavy atom. The average molecular weight is 371 g/mol. The van der Waals surface area contributed by atoms with Crippen LogP contribution in [-0.4, -0.2) is 22.1 Å². The van der Waals surface area contributed by atoms with E-state index in [1.165, 1.54) is 18.5 Å². The second kappa shape index (κ2) is 6.55. The number of benzene rings is 1. The van der Waals surface area contributed by atoms with Crippen molar-refractivity contribution in [3.8, 4) is 0 Å². The number of aromatic nitrogens is 1. The van der Waals surface area contributed by atoms with Crippen LogP contribution in [0.2, 0.25) is 5.02 Å². The summed E-state index contributed by atoms with van der Waals surface area (Å²) in [4.78, 5) is 26.4. The molecule has 2 rings (SSSR count). The number of rotatable bonds is 3. The van der Waals surface area contributed by atoms with Gasteiger partial charge in [0.15, 0.2) is 0 Å². The third-order valence-electron chi connectivity index (χ3n) is 2.42. The lowest BCUT2D eigenvalue weighted by Gasteiger charge is -2.09. The van der Waals surface area contributed by atoms with E-state index >= 15 is 0 Å². The van der Waals surface area contributed by atoms with E-state index < -0.39 is 12.0 Å². The molecule has 21 heavy (non-hydrogen) atoms. The SMILES string of the molecule is O=C(Nc1cncc(C(=O)O)c1)Nc1ccc(Cl)cc1Br. The molecule has 0 saturated carbocycles. The first-order valence-corrected chi connectivity index (χ1v) is 6.84. The molecule has 0 saturated heterocycles. The van der Waals surface area contributed by atoms with Crippen LogP contribution in [0.25, 0.3) is 0 Å². The first-order chi connectivity index (χ1) is 9.95. The third kappa shape index (κ3) is 4.17. The number of anilines is 2. The van der Waals surface area contributed by atoms with Gasteiger partial charge in [-0.3, -0.25) is 4.98 Å². The van der Waals surface area contributed by atoms with Crippen LogP contribution < -0.4 is 10.6 Å². The van der Waals surface area contributed by atoms with Crippen LogP contribution in [0.5, 0.6) is 0 Å². The second-order valence-corrected chi connectivity index (χ2v) is 5.26. The van der Waals surface area contributed by atoms with Gasteiger partial charge in [-0.25, -0.2) is 9.59 Å². The van der Waals surface area contributed by atoms with Crippen molar-refractivity contribution in [1.29, 1.82) is 0 Å². The quantitative estimate of drug-likeness (QED) is 0.765. The number of carbonyl (C=O) groups is 2. The largest absolute Gasteiger partial charge is 0.478 e. The Bertz CT molecular complexity index is 709. The van der Waals surface area contributed by atoms with Crippen LogP contribution >= 0.6 is 27.5 Å². The molecule has 1 heterocycles. The number of nitrogens with one attached hydrogen (secondary N) is 2. The summed E-state index contributed by atoms with van der Waals surface area (Å²) in [6.07, 6.45) is 2.55. The average Bonchev–Trinajstić information content (AvgIpc) is 2.42. The molecule has 0 fully saturated rings. The molecule has 1 aromatic heterocycles. The molecule has 1 aromatic carbocycles. The monoisotopic (exact) mass is 369 g/mol. The minimum absolute atomic E-state index is 0.0135. The fourth-order valence-electron chi connectivity index (χ4n) is 1.50. The first-order valence-electron chi connectivity index (χ1n) is 5.67. The highest BCUT2D eigenvalue weighted by Crippen LogP contribution is 2.26. The fourth-order valence-corrected chi connectivity index (χ4v) is 2.28. The molecular weight excluding hydrogens is 362 g/mol. The highest BCUT2D eigenvalue weighted by Gasteiger charge is 2.09. The summed E-state index contributed by atoms with van der Waals surface area (Å²) in [5.41, 5.74) is 0.789. The maximum Gasteiger partial charge on any atom is 0.337 e. The Kier molecular flexibility index (Phi) is 4.77. The van der Waals surface area contributed by atoms with E-state index in [4.69, 9.17) is 16.7 Å². The molecule has 0 unspecified atom stereocenters.